The molecule has 0 radical (unpaired) electrons. The van der Waals surface area contributed by atoms with Gasteiger partial charge in [-0.15, -0.1) is 0 Å². The predicted molar refractivity (Wildman–Crippen MR) is 66.3 cm³/mol. The van der Waals surface area contributed by atoms with Gasteiger partial charge in [-0.05, 0) is 20.3 Å². The Morgan fingerprint density at radius 1 is 1.47 bits per heavy atom. The fourth-order valence-corrected chi connectivity index (χ4v) is 2.10. The molecule has 0 aliphatic rings. The fourth-order valence-electron chi connectivity index (χ4n) is 1.40. The molecule has 0 atom stereocenters. The van der Waals surface area contributed by atoms with Crippen molar-refractivity contribution in [3.8, 4) is 0 Å². The molecule has 0 amide bonds. The summed E-state index contributed by atoms with van der Waals surface area (Å²) in [6.07, 6.45) is 0.650. The van der Waals surface area contributed by atoms with Crippen LogP contribution in [0.2, 0.25) is 0 Å². The van der Waals surface area contributed by atoms with Gasteiger partial charge in [0.05, 0.1) is 12.4 Å². The second kappa shape index (κ2) is 6.44. The molecule has 0 fully saturated rings. The largest absolute Gasteiger partial charge is 0.465 e. The van der Waals surface area contributed by atoms with Gasteiger partial charge in [-0.2, -0.15) is 0 Å². The molecule has 0 saturated carbocycles. The summed E-state index contributed by atoms with van der Waals surface area (Å²) in [7, 11) is 0. The molecule has 0 aliphatic heterocycles. The monoisotopic (exact) mass is 256 g/mol. The van der Waals surface area contributed by atoms with Crippen molar-refractivity contribution >= 4 is 17.7 Å². The standard InChI is InChI=1S/C11H16N2O3S/c1-4-8-7(3)12-11(13-10(8)15)17-6-9(14)16-5-2/h4-6H2,1-3H3,(H,12,13,15). The van der Waals surface area contributed by atoms with Crippen molar-refractivity contribution in [2.24, 2.45) is 0 Å². The van der Waals surface area contributed by atoms with Crippen LogP contribution in [0.5, 0.6) is 0 Å². The van der Waals surface area contributed by atoms with Gasteiger partial charge in [0.2, 0.25) is 0 Å². The number of esters is 1. The maximum absolute atomic E-state index is 11.6. The van der Waals surface area contributed by atoms with Gasteiger partial charge in [0.1, 0.15) is 0 Å². The van der Waals surface area contributed by atoms with Crippen LogP contribution in [-0.4, -0.2) is 28.3 Å². The quantitative estimate of drug-likeness (QED) is 0.488. The zero-order chi connectivity index (χ0) is 12.8. The molecule has 1 aromatic rings. The molecule has 0 bridgehead atoms. The van der Waals surface area contributed by atoms with Crippen LogP contribution in [0.4, 0.5) is 0 Å². The molecular weight excluding hydrogens is 240 g/mol. The molecule has 0 aromatic carbocycles. The molecular formula is C11H16N2O3S. The average molecular weight is 256 g/mol. The summed E-state index contributed by atoms with van der Waals surface area (Å²) < 4.78 is 4.79. The number of carbonyl (C=O) groups is 1. The second-order valence-corrected chi connectivity index (χ2v) is 4.35. The zero-order valence-electron chi connectivity index (χ0n) is 10.2. The molecule has 1 N–H and O–H groups in total. The first-order valence-electron chi connectivity index (χ1n) is 5.46. The van der Waals surface area contributed by atoms with Gasteiger partial charge < -0.3 is 9.72 Å². The number of ether oxygens (including phenoxy) is 1. The van der Waals surface area contributed by atoms with Crippen LogP contribution in [0.15, 0.2) is 9.95 Å². The zero-order valence-corrected chi connectivity index (χ0v) is 11.0. The van der Waals surface area contributed by atoms with Gasteiger partial charge in [0.25, 0.3) is 5.56 Å². The lowest BCUT2D eigenvalue weighted by Crippen LogP contribution is -2.17. The topological polar surface area (TPSA) is 72.0 Å². The molecule has 0 unspecified atom stereocenters. The van der Waals surface area contributed by atoms with Crippen LogP contribution in [-0.2, 0) is 16.0 Å². The highest BCUT2D eigenvalue weighted by atomic mass is 32.2. The minimum absolute atomic E-state index is 0.133. The lowest BCUT2D eigenvalue weighted by atomic mass is 10.2. The van der Waals surface area contributed by atoms with E-state index in [0.717, 1.165) is 0 Å². The van der Waals surface area contributed by atoms with Gasteiger partial charge in [0.15, 0.2) is 5.16 Å². The van der Waals surface area contributed by atoms with Gasteiger partial charge in [-0.3, -0.25) is 9.59 Å². The third kappa shape index (κ3) is 3.89. The summed E-state index contributed by atoms with van der Waals surface area (Å²) in [6, 6.07) is 0. The molecule has 0 spiro atoms. The van der Waals surface area contributed by atoms with Crippen molar-refractivity contribution in [2.75, 3.05) is 12.4 Å². The molecule has 1 rings (SSSR count). The third-order valence-electron chi connectivity index (χ3n) is 2.19. The number of hydrogen-bond donors (Lipinski definition) is 1. The number of thioether (sulfide) groups is 1. The van der Waals surface area contributed by atoms with Crippen LogP contribution in [0.3, 0.4) is 0 Å². The van der Waals surface area contributed by atoms with Crippen molar-refractivity contribution in [1.29, 1.82) is 0 Å². The highest BCUT2D eigenvalue weighted by Gasteiger charge is 2.09. The Kier molecular flexibility index (Phi) is 5.21. The summed E-state index contributed by atoms with van der Waals surface area (Å²) in [5.41, 5.74) is 1.26. The summed E-state index contributed by atoms with van der Waals surface area (Å²) >= 11 is 1.17. The average Bonchev–Trinajstić information content (AvgIpc) is 2.26. The number of aromatic nitrogens is 2. The number of nitrogens with zero attached hydrogens (tertiary/aromatic N) is 1. The van der Waals surface area contributed by atoms with E-state index in [0.29, 0.717) is 29.4 Å². The minimum Gasteiger partial charge on any atom is -0.465 e. The normalized spacial score (nSPS) is 10.3. The Bertz CT molecular complexity index is 457. The van der Waals surface area contributed by atoms with Crippen molar-refractivity contribution < 1.29 is 9.53 Å². The number of nitrogens with one attached hydrogen (secondary N) is 1. The Morgan fingerprint density at radius 2 is 2.18 bits per heavy atom. The van der Waals surface area contributed by atoms with Crippen molar-refractivity contribution in [1.82, 2.24) is 9.97 Å². The van der Waals surface area contributed by atoms with Gasteiger partial charge in [0, 0.05) is 11.3 Å². The Labute approximate surface area is 104 Å². The van der Waals surface area contributed by atoms with E-state index < -0.39 is 0 Å². The number of H-pyrrole nitrogens is 1. The predicted octanol–water partition coefficient (Wildman–Crippen LogP) is 1.30. The first-order valence-corrected chi connectivity index (χ1v) is 6.45. The van der Waals surface area contributed by atoms with Gasteiger partial charge in [-0.1, -0.05) is 18.7 Å². The van der Waals surface area contributed by atoms with Crippen LogP contribution >= 0.6 is 11.8 Å². The van der Waals surface area contributed by atoms with Crippen LogP contribution in [0.25, 0.3) is 0 Å². The first-order chi connectivity index (χ1) is 8.08. The Balaban J connectivity index is 2.74. The fraction of sp³-hybridized carbons (Fsp3) is 0.545. The van der Waals surface area contributed by atoms with Gasteiger partial charge in [-0.25, -0.2) is 4.98 Å². The van der Waals surface area contributed by atoms with E-state index in [1.165, 1.54) is 11.8 Å². The van der Waals surface area contributed by atoms with E-state index in [1.54, 1.807) is 13.8 Å². The summed E-state index contributed by atoms with van der Waals surface area (Å²) in [5, 5.41) is 0.456. The summed E-state index contributed by atoms with van der Waals surface area (Å²) in [4.78, 5) is 29.7. The molecule has 17 heavy (non-hydrogen) atoms. The maximum Gasteiger partial charge on any atom is 0.316 e. The SMILES string of the molecule is CCOC(=O)CSc1nc(C)c(CC)c(=O)[nH]1. The molecule has 1 aromatic heterocycles. The smallest absolute Gasteiger partial charge is 0.316 e. The molecule has 6 heteroatoms. The van der Waals surface area contributed by atoms with E-state index >= 15 is 0 Å². The van der Waals surface area contributed by atoms with E-state index in [1.807, 2.05) is 6.92 Å². The number of aromatic amines is 1. The van der Waals surface area contributed by atoms with Crippen LogP contribution in [0.1, 0.15) is 25.1 Å². The van der Waals surface area contributed by atoms with Crippen LogP contribution < -0.4 is 5.56 Å². The van der Waals surface area contributed by atoms with Crippen molar-refractivity contribution in [3.63, 3.8) is 0 Å². The highest BCUT2D eigenvalue weighted by Crippen LogP contribution is 2.12. The lowest BCUT2D eigenvalue weighted by molar-refractivity contribution is -0.139. The first kappa shape index (κ1) is 13.8. The molecule has 0 aliphatic carbocycles. The minimum atomic E-state index is -0.308. The van der Waals surface area contributed by atoms with E-state index in [2.05, 4.69) is 9.97 Å². The number of carbonyl (C=O) groups excluding carboxylic acids is 1. The summed E-state index contributed by atoms with van der Waals surface area (Å²) in [6.45, 7) is 5.81. The Morgan fingerprint density at radius 3 is 2.71 bits per heavy atom. The lowest BCUT2D eigenvalue weighted by Gasteiger charge is -2.05. The molecule has 94 valence electrons. The van der Waals surface area contributed by atoms with Crippen molar-refractivity contribution in [2.45, 2.75) is 32.3 Å². The summed E-state index contributed by atoms with van der Waals surface area (Å²) in [5.74, 6) is -0.154. The number of hydrogen-bond acceptors (Lipinski definition) is 5. The van der Waals surface area contributed by atoms with E-state index in [-0.39, 0.29) is 17.3 Å². The van der Waals surface area contributed by atoms with Gasteiger partial charge >= 0.3 is 5.97 Å². The highest BCUT2D eigenvalue weighted by molar-refractivity contribution is 7.99. The van der Waals surface area contributed by atoms with E-state index in [9.17, 15) is 9.59 Å². The molecule has 0 saturated heterocycles. The number of aryl methyl sites for hydroxylation is 1. The Hall–Kier alpha value is -1.30. The van der Waals surface area contributed by atoms with Crippen molar-refractivity contribution in [3.05, 3.63) is 21.6 Å². The molecule has 5 nitrogen and oxygen atoms in total. The second-order valence-electron chi connectivity index (χ2n) is 3.38. The maximum atomic E-state index is 11.6. The molecule has 1 heterocycles. The number of rotatable bonds is 5. The van der Waals surface area contributed by atoms with Crippen LogP contribution in [0, 0.1) is 6.92 Å². The third-order valence-corrected chi connectivity index (χ3v) is 3.03. The van der Waals surface area contributed by atoms with E-state index in [4.69, 9.17) is 4.74 Å².